The first-order valence-electron chi connectivity index (χ1n) is 13.7. The number of hydrogen-bond donors (Lipinski definition) is 2. The van der Waals surface area contributed by atoms with E-state index in [2.05, 4.69) is 10.6 Å². The molecule has 2 N–H and O–H groups in total. The number of rotatable bonds is 9. The molecule has 0 saturated heterocycles. The van der Waals surface area contributed by atoms with Crippen LogP contribution < -0.4 is 10.6 Å². The van der Waals surface area contributed by atoms with Gasteiger partial charge in [-0.1, -0.05) is 36.4 Å². The lowest BCUT2D eigenvalue weighted by Gasteiger charge is -2.43. The standard InChI is InChI=1S/C32H47N3O4S/c1-20-15-16-24(19-23(20)4)27(28(36)34-26-21(2)13-12-14-22(26)3)35(31(5,6)7)29(37)25(17-18-40-11)33-30(38)39-32(8,9)10/h12-16,19,25,27H,17-18H2,1-11H3,(H,33,38)(H,34,36). The first kappa shape index (κ1) is 33.2. The third-order valence-electron chi connectivity index (χ3n) is 6.64. The Bertz CT molecular complexity index is 1190. The maximum absolute atomic E-state index is 14.4. The smallest absolute Gasteiger partial charge is 0.408 e. The highest BCUT2D eigenvalue weighted by Crippen LogP contribution is 2.33. The number of hydrogen-bond acceptors (Lipinski definition) is 5. The average molecular weight is 570 g/mol. The highest BCUT2D eigenvalue weighted by Gasteiger charge is 2.42. The largest absolute Gasteiger partial charge is 0.444 e. The summed E-state index contributed by atoms with van der Waals surface area (Å²) in [4.78, 5) is 43.1. The van der Waals surface area contributed by atoms with Gasteiger partial charge in [-0.05, 0) is 115 Å². The lowest BCUT2D eigenvalue weighted by Crippen LogP contribution is -2.58. The number of anilines is 1. The summed E-state index contributed by atoms with van der Waals surface area (Å²) in [6, 6.07) is 9.87. The number of thioether (sulfide) groups is 1. The Morgan fingerprint density at radius 2 is 1.50 bits per heavy atom. The van der Waals surface area contributed by atoms with Crippen LogP contribution in [0.2, 0.25) is 0 Å². The van der Waals surface area contributed by atoms with Crippen LogP contribution in [0.4, 0.5) is 10.5 Å². The number of amides is 3. The highest BCUT2D eigenvalue weighted by atomic mass is 32.2. The summed E-state index contributed by atoms with van der Waals surface area (Å²) in [6.45, 7) is 19.0. The van der Waals surface area contributed by atoms with Gasteiger partial charge >= 0.3 is 6.09 Å². The summed E-state index contributed by atoms with van der Waals surface area (Å²) in [5.41, 5.74) is 3.95. The second-order valence-corrected chi connectivity index (χ2v) is 13.3. The van der Waals surface area contributed by atoms with Crippen molar-refractivity contribution in [1.29, 1.82) is 0 Å². The fourth-order valence-corrected chi connectivity index (χ4v) is 4.98. The van der Waals surface area contributed by atoms with E-state index in [9.17, 15) is 14.4 Å². The molecule has 2 atom stereocenters. The van der Waals surface area contributed by atoms with Gasteiger partial charge in [-0.2, -0.15) is 11.8 Å². The van der Waals surface area contributed by atoms with Crippen molar-refractivity contribution in [3.05, 3.63) is 64.2 Å². The van der Waals surface area contributed by atoms with E-state index < -0.39 is 29.3 Å². The van der Waals surface area contributed by atoms with Crippen LogP contribution in [0, 0.1) is 27.7 Å². The summed E-state index contributed by atoms with van der Waals surface area (Å²) in [5, 5.41) is 5.92. The lowest BCUT2D eigenvalue weighted by atomic mass is 9.93. The molecule has 0 radical (unpaired) electrons. The molecule has 40 heavy (non-hydrogen) atoms. The minimum atomic E-state index is -0.942. The van der Waals surface area contributed by atoms with Crippen molar-refractivity contribution in [2.24, 2.45) is 0 Å². The third kappa shape index (κ3) is 9.01. The van der Waals surface area contributed by atoms with E-state index in [-0.39, 0.29) is 11.8 Å². The third-order valence-corrected chi connectivity index (χ3v) is 7.29. The molecule has 7 nitrogen and oxygen atoms in total. The summed E-state index contributed by atoms with van der Waals surface area (Å²) in [6.07, 6.45) is 1.68. The summed E-state index contributed by atoms with van der Waals surface area (Å²) in [7, 11) is 0. The number of para-hydroxylation sites is 1. The summed E-state index contributed by atoms with van der Waals surface area (Å²) in [5.74, 6) is -0.00953. The van der Waals surface area contributed by atoms with Gasteiger partial charge in [-0.15, -0.1) is 0 Å². The Morgan fingerprint density at radius 3 is 2.00 bits per heavy atom. The van der Waals surface area contributed by atoms with Crippen LogP contribution in [0.3, 0.4) is 0 Å². The van der Waals surface area contributed by atoms with E-state index >= 15 is 0 Å². The highest BCUT2D eigenvalue weighted by molar-refractivity contribution is 7.98. The van der Waals surface area contributed by atoms with Crippen molar-refractivity contribution in [1.82, 2.24) is 10.2 Å². The Kier molecular flexibility index (Phi) is 11.3. The zero-order valence-corrected chi connectivity index (χ0v) is 26.8. The number of aryl methyl sites for hydroxylation is 4. The molecule has 2 rings (SSSR count). The zero-order chi connectivity index (χ0) is 30.4. The lowest BCUT2D eigenvalue weighted by molar-refractivity contribution is -0.146. The predicted octanol–water partition coefficient (Wildman–Crippen LogP) is 6.87. The van der Waals surface area contributed by atoms with Crippen LogP contribution in [0.1, 0.15) is 81.8 Å². The van der Waals surface area contributed by atoms with E-state index in [4.69, 9.17) is 4.74 Å². The zero-order valence-electron chi connectivity index (χ0n) is 26.0. The summed E-state index contributed by atoms with van der Waals surface area (Å²) < 4.78 is 5.48. The van der Waals surface area contributed by atoms with Crippen LogP contribution in [-0.2, 0) is 14.3 Å². The second kappa shape index (κ2) is 13.6. The van der Waals surface area contributed by atoms with Crippen molar-refractivity contribution < 1.29 is 19.1 Å². The molecular formula is C32H47N3O4S. The van der Waals surface area contributed by atoms with Crippen LogP contribution >= 0.6 is 11.8 Å². The monoisotopic (exact) mass is 569 g/mol. The van der Waals surface area contributed by atoms with Gasteiger partial charge in [0.1, 0.15) is 17.7 Å². The molecule has 0 aliphatic rings. The van der Waals surface area contributed by atoms with Gasteiger partial charge in [0, 0.05) is 11.2 Å². The van der Waals surface area contributed by atoms with Crippen molar-refractivity contribution >= 4 is 35.4 Å². The van der Waals surface area contributed by atoms with Crippen molar-refractivity contribution in [2.45, 2.75) is 98.9 Å². The van der Waals surface area contributed by atoms with E-state index in [1.54, 1.807) is 37.4 Å². The molecule has 0 spiro atoms. The van der Waals surface area contributed by atoms with Gasteiger partial charge in [0.05, 0.1) is 0 Å². The fraction of sp³-hybridized carbons (Fsp3) is 0.531. The van der Waals surface area contributed by atoms with E-state index in [1.807, 2.05) is 91.1 Å². The average Bonchev–Trinajstić information content (AvgIpc) is 2.82. The maximum atomic E-state index is 14.4. The van der Waals surface area contributed by atoms with Crippen LogP contribution in [0.25, 0.3) is 0 Å². The molecular weight excluding hydrogens is 522 g/mol. The molecule has 2 unspecified atom stereocenters. The van der Waals surface area contributed by atoms with Gasteiger partial charge < -0.3 is 20.3 Å². The van der Waals surface area contributed by atoms with E-state index in [0.29, 0.717) is 17.7 Å². The number of benzene rings is 2. The van der Waals surface area contributed by atoms with Gasteiger partial charge in [0.25, 0.3) is 5.91 Å². The van der Waals surface area contributed by atoms with Crippen LogP contribution in [0.5, 0.6) is 0 Å². The molecule has 0 saturated carbocycles. The molecule has 0 heterocycles. The topological polar surface area (TPSA) is 87.7 Å². The van der Waals surface area contributed by atoms with Crippen molar-refractivity contribution in [3.63, 3.8) is 0 Å². The van der Waals surface area contributed by atoms with Gasteiger partial charge in [-0.3, -0.25) is 9.59 Å². The predicted molar refractivity (Wildman–Crippen MR) is 166 cm³/mol. The Hall–Kier alpha value is -3.00. The molecule has 2 aromatic rings. The molecule has 0 aromatic heterocycles. The van der Waals surface area contributed by atoms with E-state index in [0.717, 1.165) is 27.9 Å². The molecule has 220 valence electrons. The Labute approximate surface area is 244 Å². The molecule has 2 aromatic carbocycles. The number of ether oxygens (including phenoxy) is 1. The minimum Gasteiger partial charge on any atom is -0.444 e. The normalized spacial score (nSPS) is 13.3. The number of carbonyl (C=O) groups excluding carboxylic acids is 3. The van der Waals surface area contributed by atoms with Gasteiger partial charge in [0.15, 0.2) is 0 Å². The van der Waals surface area contributed by atoms with Gasteiger partial charge in [-0.25, -0.2) is 4.79 Å². The molecule has 8 heteroatoms. The first-order valence-corrected chi connectivity index (χ1v) is 15.1. The van der Waals surface area contributed by atoms with Crippen LogP contribution in [-0.4, -0.2) is 52.0 Å². The minimum absolute atomic E-state index is 0.315. The summed E-state index contributed by atoms with van der Waals surface area (Å²) >= 11 is 1.58. The van der Waals surface area contributed by atoms with Gasteiger partial charge in [0.2, 0.25) is 5.91 Å². The van der Waals surface area contributed by atoms with Crippen molar-refractivity contribution in [2.75, 3.05) is 17.3 Å². The number of alkyl carbamates (subject to hydrolysis) is 1. The Balaban J connectivity index is 2.65. The molecule has 0 bridgehead atoms. The van der Waals surface area contributed by atoms with E-state index in [1.165, 1.54) is 0 Å². The fourth-order valence-electron chi connectivity index (χ4n) is 4.51. The molecule has 0 fully saturated rings. The first-order chi connectivity index (χ1) is 18.5. The number of carbonyl (C=O) groups is 3. The van der Waals surface area contributed by atoms with Crippen molar-refractivity contribution in [3.8, 4) is 0 Å². The molecule has 0 aliphatic carbocycles. The molecule has 3 amide bonds. The Morgan fingerprint density at radius 1 is 0.900 bits per heavy atom. The quantitative estimate of drug-likeness (QED) is 0.344. The SMILES string of the molecule is CSCCC(NC(=O)OC(C)(C)C)C(=O)N(C(C(=O)Nc1c(C)cccc1C)c1ccc(C)c(C)c1)C(C)(C)C. The number of nitrogens with one attached hydrogen (secondary N) is 2. The maximum Gasteiger partial charge on any atom is 0.408 e. The second-order valence-electron chi connectivity index (χ2n) is 12.4. The van der Waals surface area contributed by atoms with Crippen LogP contribution in [0.15, 0.2) is 36.4 Å². The number of nitrogens with zero attached hydrogens (tertiary/aromatic N) is 1. The molecule has 0 aliphatic heterocycles.